The summed E-state index contributed by atoms with van der Waals surface area (Å²) in [6, 6.07) is 17.0. The maximum atomic E-state index is 6.03. The van der Waals surface area contributed by atoms with Crippen LogP contribution in [0.5, 0.6) is 0 Å². The first-order valence-electron chi connectivity index (χ1n) is 7.74. The summed E-state index contributed by atoms with van der Waals surface area (Å²) in [5, 5.41) is 1.15. The normalized spacial score (nSPS) is 12.4. The number of furan rings is 1. The van der Waals surface area contributed by atoms with Gasteiger partial charge in [-0.15, -0.1) is 0 Å². The number of benzene rings is 2. The second-order valence-electron chi connectivity index (χ2n) is 6.74. The number of allylic oxidation sites excluding steroid dienone is 1. The quantitative estimate of drug-likeness (QED) is 0.530. The Morgan fingerprint density at radius 1 is 0.955 bits per heavy atom. The van der Waals surface area contributed by atoms with Gasteiger partial charge in [-0.1, -0.05) is 57.2 Å². The minimum atomic E-state index is 0.140. The molecule has 0 amide bonds. The predicted molar refractivity (Wildman–Crippen MR) is 95.1 cm³/mol. The van der Waals surface area contributed by atoms with E-state index in [0.29, 0.717) is 0 Å². The highest BCUT2D eigenvalue weighted by Gasteiger charge is 2.15. The van der Waals surface area contributed by atoms with E-state index < -0.39 is 0 Å². The first-order chi connectivity index (χ1) is 10.5. The van der Waals surface area contributed by atoms with Gasteiger partial charge in [-0.25, -0.2) is 0 Å². The highest BCUT2D eigenvalue weighted by atomic mass is 16.3. The van der Waals surface area contributed by atoms with Crippen molar-refractivity contribution >= 4 is 17.0 Å². The molecule has 0 bridgehead atoms. The topological polar surface area (TPSA) is 13.1 Å². The summed E-state index contributed by atoms with van der Waals surface area (Å²) in [6.45, 7) is 8.72. The molecule has 3 rings (SSSR count). The largest absolute Gasteiger partial charge is 0.456 e. The van der Waals surface area contributed by atoms with Crippen molar-refractivity contribution < 1.29 is 4.42 Å². The lowest BCUT2D eigenvalue weighted by Gasteiger charge is -2.19. The highest BCUT2D eigenvalue weighted by Crippen LogP contribution is 2.31. The Morgan fingerprint density at radius 2 is 1.77 bits per heavy atom. The average molecular weight is 290 g/mol. The zero-order valence-electron chi connectivity index (χ0n) is 13.7. The van der Waals surface area contributed by atoms with Gasteiger partial charge in [-0.2, -0.15) is 0 Å². The van der Waals surface area contributed by atoms with Crippen molar-refractivity contribution in [2.75, 3.05) is 0 Å². The standard InChI is InChI=1S/C21H22O/c1-5-7-15-10-11-19-17(12-15)14-20(22-19)16-8-6-9-18(13-16)21(2,3)4/h5-14H,1-4H3/b7-5+. The van der Waals surface area contributed by atoms with Crippen molar-refractivity contribution in [1.29, 1.82) is 0 Å². The fraction of sp³-hybridized carbons (Fsp3) is 0.238. The molecule has 2 aromatic carbocycles. The average Bonchev–Trinajstić information content (AvgIpc) is 2.90. The van der Waals surface area contributed by atoms with E-state index in [4.69, 9.17) is 4.42 Å². The molecule has 0 aliphatic carbocycles. The van der Waals surface area contributed by atoms with Crippen LogP contribution in [0.3, 0.4) is 0 Å². The van der Waals surface area contributed by atoms with E-state index in [-0.39, 0.29) is 5.41 Å². The Bertz CT molecular complexity index is 828. The molecule has 0 radical (unpaired) electrons. The van der Waals surface area contributed by atoms with Crippen molar-refractivity contribution in [3.8, 4) is 11.3 Å². The van der Waals surface area contributed by atoms with Crippen LogP contribution in [-0.4, -0.2) is 0 Å². The van der Waals surface area contributed by atoms with E-state index in [1.165, 1.54) is 11.1 Å². The van der Waals surface area contributed by atoms with Crippen LogP contribution in [-0.2, 0) is 5.41 Å². The van der Waals surface area contributed by atoms with Gasteiger partial charge in [0.25, 0.3) is 0 Å². The van der Waals surface area contributed by atoms with Crippen molar-refractivity contribution in [3.63, 3.8) is 0 Å². The molecule has 1 heteroatoms. The lowest BCUT2D eigenvalue weighted by molar-refractivity contribution is 0.589. The molecular formula is C21H22O. The third kappa shape index (κ3) is 2.85. The van der Waals surface area contributed by atoms with Crippen LogP contribution in [0.1, 0.15) is 38.8 Å². The van der Waals surface area contributed by atoms with Crippen LogP contribution in [0.25, 0.3) is 28.4 Å². The van der Waals surface area contributed by atoms with E-state index >= 15 is 0 Å². The Labute approximate surface area is 132 Å². The monoisotopic (exact) mass is 290 g/mol. The van der Waals surface area contributed by atoms with E-state index in [0.717, 1.165) is 22.3 Å². The Balaban J connectivity index is 2.07. The molecule has 0 aliphatic heterocycles. The van der Waals surface area contributed by atoms with Gasteiger partial charge in [-0.05, 0) is 47.7 Å². The van der Waals surface area contributed by atoms with Gasteiger partial charge in [0.05, 0.1) is 0 Å². The van der Waals surface area contributed by atoms with Gasteiger partial charge < -0.3 is 4.42 Å². The molecule has 1 aromatic heterocycles. The van der Waals surface area contributed by atoms with Crippen LogP contribution in [0.2, 0.25) is 0 Å². The molecule has 0 N–H and O–H groups in total. The maximum Gasteiger partial charge on any atom is 0.135 e. The zero-order chi connectivity index (χ0) is 15.7. The molecular weight excluding hydrogens is 268 g/mol. The van der Waals surface area contributed by atoms with Crippen LogP contribution in [0.15, 0.2) is 59.0 Å². The minimum absolute atomic E-state index is 0.140. The maximum absolute atomic E-state index is 6.03. The molecule has 0 unspecified atom stereocenters. The third-order valence-electron chi connectivity index (χ3n) is 3.91. The number of fused-ring (bicyclic) bond motifs is 1. The lowest BCUT2D eigenvalue weighted by atomic mass is 9.86. The summed E-state index contributed by atoms with van der Waals surface area (Å²) >= 11 is 0. The molecule has 0 fully saturated rings. The Hall–Kier alpha value is -2.28. The number of hydrogen-bond donors (Lipinski definition) is 0. The van der Waals surface area contributed by atoms with Crippen molar-refractivity contribution in [3.05, 3.63) is 65.7 Å². The lowest BCUT2D eigenvalue weighted by Crippen LogP contribution is -2.10. The molecule has 0 saturated heterocycles. The third-order valence-corrected chi connectivity index (χ3v) is 3.91. The van der Waals surface area contributed by atoms with E-state index in [1.807, 2.05) is 13.0 Å². The smallest absolute Gasteiger partial charge is 0.135 e. The molecule has 0 atom stereocenters. The van der Waals surface area contributed by atoms with Crippen molar-refractivity contribution in [2.45, 2.75) is 33.1 Å². The van der Waals surface area contributed by atoms with Gasteiger partial charge >= 0.3 is 0 Å². The predicted octanol–water partition coefficient (Wildman–Crippen LogP) is 6.43. The van der Waals surface area contributed by atoms with Gasteiger partial charge in [0.15, 0.2) is 0 Å². The molecule has 22 heavy (non-hydrogen) atoms. The van der Waals surface area contributed by atoms with Crippen LogP contribution in [0.4, 0.5) is 0 Å². The van der Waals surface area contributed by atoms with Crippen molar-refractivity contribution in [1.82, 2.24) is 0 Å². The van der Waals surface area contributed by atoms with Crippen LogP contribution >= 0.6 is 0 Å². The summed E-state index contributed by atoms with van der Waals surface area (Å²) < 4.78 is 6.03. The molecule has 0 spiro atoms. The first-order valence-corrected chi connectivity index (χ1v) is 7.74. The summed E-state index contributed by atoms with van der Waals surface area (Å²) in [6.07, 6.45) is 4.15. The Kier molecular flexibility index (Phi) is 3.66. The molecule has 1 nitrogen and oxygen atoms in total. The number of rotatable bonds is 2. The summed E-state index contributed by atoms with van der Waals surface area (Å²) in [4.78, 5) is 0. The molecule has 3 aromatic rings. The van der Waals surface area contributed by atoms with Crippen LogP contribution < -0.4 is 0 Å². The molecule has 0 saturated carbocycles. The molecule has 112 valence electrons. The zero-order valence-corrected chi connectivity index (χ0v) is 13.7. The fourth-order valence-corrected chi connectivity index (χ4v) is 2.64. The van der Waals surface area contributed by atoms with Gasteiger partial charge in [-0.3, -0.25) is 0 Å². The molecule has 0 aliphatic rings. The summed E-state index contributed by atoms with van der Waals surface area (Å²) in [5.41, 5.74) is 4.73. The second kappa shape index (κ2) is 5.49. The highest BCUT2D eigenvalue weighted by molar-refractivity contribution is 5.85. The molecule has 1 heterocycles. The first kappa shape index (κ1) is 14.6. The minimum Gasteiger partial charge on any atom is -0.456 e. The van der Waals surface area contributed by atoms with E-state index in [2.05, 4.69) is 75.4 Å². The van der Waals surface area contributed by atoms with E-state index in [1.54, 1.807) is 0 Å². The van der Waals surface area contributed by atoms with Gasteiger partial charge in [0.2, 0.25) is 0 Å². The summed E-state index contributed by atoms with van der Waals surface area (Å²) in [7, 11) is 0. The van der Waals surface area contributed by atoms with E-state index in [9.17, 15) is 0 Å². The summed E-state index contributed by atoms with van der Waals surface area (Å²) in [5.74, 6) is 0.929. The second-order valence-corrected chi connectivity index (χ2v) is 6.74. The SMILES string of the molecule is C/C=C/c1ccc2oc(-c3cccc(C(C)(C)C)c3)cc2c1. The fourth-order valence-electron chi connectivity index (χ4n) is 2.64. The Morgan fingerprint density at radius 3 is 2.50 bits per heavy atom. The van der Waals surface area contributed by atoms with Crippen molar-refractivity contribution in [2.24, 2.45) is 0 Å². The van der Waals surface area contributed by atoms with Gasteiger partial charge in [0.1, 0.15) is 11.3 Å². The number of hydrogen-bond acceptors (Lipinski definition) is 1. The van der Waals surface area contributed by atoms with Gasteiger partial charge in [0, 0.05) is 10.9 Å². The van der Waals surface area contributed by atoms with Crippen LogP contribution in [0, 0.1) is 0 Å².